The minimum Gasteiger partial charge on any atom is -0.462 e. The van der Waals surface area contributed by atoms with Crippen LogP contribution in [0.2, 0.25) is 0 Å². The van der Waals surface area contributed by atoms with Gasteiger partial charge < -0.3 is 33.8 Å². The summed E-state index contributed by atoms with van der Waals surface area (Å²) in [5.74, 6) is 0.921. The van der Waals surface area contributed by atoms with Crippen molar-refractivity contribution in [3.63, 3.8) is 0 Å². The summed E-state index contributed by atoms with van der Waals surface area (Å²) < 4.78 is 68.4. The van der Waals surface area contributed by atoms with Crippen molar-refractivity contribution in [2.24, 2.45) is 23.7 Å². The van der Waals surface area contributed by atoms with E-state index in [0.29, 0.717) is 31.6 Å². The highest BCUT2D eigenvalue weighted by Gasteiger charge is 2.30. The molecule has 0 aliphatic heterocycles. The van der Waals surface area contributed by atoms with Gasteiger partial charge in [-0.2, -0.15) is 0 Å². The van der Waals surface area contributed by atoms with Gasteiger partial charge in [-0.05, 0) is 49.4 Å². The molecule has 0 aromatic rings. The van der Waals surface area contributed by atoms with Gasteiger partial charge in [0.25, 0.3) is 0 Å². The van der Waals surface area contributed by atoms with Gasteiger partial charge in [0.1, 0.15) is 19.3 Å². The second-order valence-corrected chi connectivity index (χ2v) is 31.3. The minimum atomic E-state index is -4.96. The number of aliphatic hydroxyl groups excluding tert-OH is 1. The predicted octanol–water partition coefficient (Wildman–Crippen LogP) is 21.3. The van der Waals surface area contributed by atoms with Crippen LogP contribution in [0.1, 0.15) is 370 Å². The lowest BCUT2D eigenvalue weighted by molar-refractivity contribution is -0.161. The van der Waals surface area contributed by atoms with Crippen LogP contribution in [0.15, 0.2) is 0 Å². The Morgan fingerprint density at radius 2 is 0.516 bits per heavy atom. The summed E-state index contributed by atoms with van der Waals surface area (Å²) in [5, 5.41) is 10.6. The van der Waals surface area contributed by atoms with Crippen LogP contribution in [0.25, 0.3) is 0 Å². The summed E-state index contributed by atoms with van der Waals surface area (Å²) >= 11 is 0. The third-order valence-electron chi connectivity index (χ3n) is 17.4. The third-order valence-corrected chi connectivity index (χ3v) is 19.3. The topological polar surface area (TPSA) is 237 Å². The van der Waals surface area contributed by atoms with Crippen LogP contribution < -0.4 is 0 Å². The van der Waals surface area contributed by atoms with Crippen LogP contribution in [0, 0.1) is 23.7 Å². The fourth-order valence-corrected chi connectivity index (χ4v) is 12.7. The van der Waals surface area contributed by atoms with E-state index in [-0.39, 0.29) is 25.7 Å². The number of unbranched alkanes of at least 4 members (excludes halogenated alkanes) is 36. The first-order valence-electron chi connectivity index (χ1n) is 38.2. The SMILES string of the molecule is CCC(C)CCCCCCCCCCCCCCCCC(=O)O[C@H](COC(=O)CCCCCCCCCCCCC(C)C)COP(=O)(O)OCC(O)COP(=O)(O)OC[C@@H](COC(=O)CCCCCCCCCC(C)C)OC(=O)CCCCCCCCCCCC(C)C. The maximum Gasteiger partial charge on any atom is 0.472 e. The predicted molar refractivity (Wildman–Crippen MR) is 377 cm³/mol. The van der Waals surface area contributed by atoms with Gasteiger partial charge in [-0.3, -0.25) is 37.3 Å². The Morgan fingerprint density at radius 3 is 0.763 bits per heavy atom. The lowest BCUT2D eigenvalue weighted by Gasteiger charge is -2.21. The van der Waals surface area contributed by atoms with Gasteiger partial charge in [0, 0.05) is 25.7 Å². The Hall–Kier alpha value is -1.94. The Balaban J connectivity index is 5.25. The summed E-state index contributed by atoms with van der Waals surface area (Å²) in [6.07, 6.45) is 47.2. The fourth-order valence-electron chi connectivity index (χ4n) is 11.2. The number of aliphatic hydroxyl groups is 1. The van der Waals surface area contributed by atoms with Crippen molar-refractivity contribution in [2.45, 2.75) is 388 Å². The van der Waals surface area contributed by atoms with Crippen molar-refractivity contribution in [3.8, 4) is 0 Å². The highest BCUT2D eigenvalue weighted by molar-refractivity contribution is 7.47. The van der Waals surface area contributed by atoms with Crippen molar-refractivity contribution in [2.75, 3.05) is 39.6 Å². The van der Waals surface area contributed by atoms with E-state index < -0.39 is 97.5 Å². The molecular weight excluding hydrogens is 1220 g/mol. The molecule has 0 aliphatic rings. The first-order chi connectivity index (χ1) is 44.6. The number of esters is 4. The summed E-state index contributed by atoms with van der Waals surface area (Å²) in [4.78, 5) is 72.7. The second-order valence-electron chi connectivity index (χ2n) is 28.4. The number of phosphoric acid groups is 2. The zero-order valence-corrected chi connectivity index (χ0v) is 62.7. The van der Waals surface area contributed by atoms with Crippen LogP contribution in [0.4, 0.5) is 0 Å². The molecule has 17 nitrogen and oxygen atoms in total. The first kappa shape index (κ1) is 91.1. The Morgan fingerprint density at radius 1 is 0.301 bits per heavy atom. The van der Waals surface area contributed by atoms with Crippen molar-refractivity contribution in [1.82, 2.24) is 0 Å². The van der Waals surface area contributed by atoms with E-state index in [0.717, 1.165) is 114 Å². The van der Waals surface area contributed by atoms with E-state index in [1.807, 2.05) is 0 Å². The third kappa shape index (κ3) is 67.0. The molecule has 19 heteroatoms. The normalized spacial score (nSPS) is 14.5. The van der Waals surface area contributed by atoms with Crippen molar-refractivity contribution < 1.29 is 80.2 Å². The summed E-state index contributed by atoms with van der Waals surface area (Å²) in [7, 11) is -9.91. The second kappa shape index (κ2) is 63.5. The average molecular weight is 1370 g/mol. The number of rotatable bonds is 71. The summed E-state index contributed by atoms with van der Waals surface area (Å²) in [5.41, 5.74) is 0. The highest BCUT2D eigenvalue weighted by Crippen LogP contribution is 2.45. The number of phosphoric ester groups is 2. The molecule has 93 heavy (non-hydrogen) atoms. The van der Waals surface area contributed by atoms with E-state index in [1.165, 1.54) is 167 Å². The Kier molecular flexibility index (Phi) is 62.2. The highest BCUT2D eigenvalue weighted by atomic mass is 31.2. The van der Waals surface area contributed by atoms with E-state index in [4.69, 9.17) is 37.0 Å². The Bertz CT molecular complexity index is 1840. The molecule has 0 spiro atoms. The van der Waals surface area contributed by atoms with Gasteiger partial charge in [-0.25, -0.2) is 9.13 Å². The lowest BCUT2D eigenvalue weighted by atomic mass is 9.99. The smallest absolute Gasteiger partial charge is 0.462 e. The molecule has 552 valence electrons. The maximum atomic E-state index is 13.1. The molecule has 3 N–H and O–H groups in total. The van der Waals surface area contributed by atoms with E-state index in [1.54, 1.807) is 0 Å². The molecule has 0 amide bonds. The molecule has 0 radical (unpaired) electrons. The average Bonchev–Trinajstić information content (AvgIpc) is 1.93. The molecule has 6 atom stereocenters. The van der Waals surface area contributed by atoms with Crippen LogP contribution in [-0.4, -0.2) is 96.7 Å². The van der Waals surface area contributed by atoms with Gasteiger partial charge in [0.15, 0.2) is 12.2 Å². The van der Waals surface area contributed by atoms with Crippen LogP contribution in [0.5, 0.6) is 0 Å². The van der Waals surface area contributed by atoms with Crippen molar-refractivity contribution in [1.29, 1.82) is 0 Å². The van der Waals surface area contributed by atoms with E-state index in [9.17, 15) is 43.2 Å². The number of hydrogen-bond donors (Lipinski definition) is 3. The largest absolute Gasteiger partial charge is 0.472 e. The molecule has 0 rings (SSSR count). The van der Waals surface area contributed by atoms with Gasteiger partial charge in [-0.1, -0.05) is 319 Å². The van der Waals surface area contributed by atoms with Crippen molar-refractivity contribution in [3.05, 3.63) is 0 Å². The van der Waals surface area contributed by atoms with E-state index >= 15 is 0 Å². The molecule has 0 bridgehead atoms. The molecule has 0 fully saturated rings. The molecule has 0 aromatic heterocycles. The lowest BCUT2D eigenvalue weighted by Crippen LogP contribution is -2.30. The van der Waals surface area contributed by atoms with Gasteiger partial charge in [0.2, 0.25) is 0 Å². The molecule has 0 aromatic carbocycles. The van der Waals surface area contributed by atoms with Gasteiger partial charge in [0.05, 0.1) is 26.4 Å². The minimum absolute atomic E-state index is 0.104. The standard InChI is InChI=1S/C74H144O17P2/c1-9-67(8)53-45-37-29-21-14-12-10-11-13-15-23-31-40-48-56-73(78)90-69(60-84-71(76)54-46-38-30-22-17-16-19-26-34-42-50-64(2)3)62-88-92(80,81)86-58-68(75)59-87-93(82,83)89-63-70(61-85-72(77)55-47-39-33-25-28-36-44-52-66(6)7)91-74(79)57-49-41-32-24-18-20-27-35-43-51-65(4)5/h64-70,75H,9-63H2,1-8H3,(H,80,81)(H,82,83)/t67?,68?,69-,70-/m1/s1. The molecule has 0 heterocycles. The van der Waals surface area contributed by atoms with Crippen LogP contribution in [0.3, 0.4) is 0 Å². The van der Waals surface area contributed by atoms with Crippen molar-refractivity contribution >= 4 is 39.5 Å². The Labute approximate surface area is 568 Å². The monoisotopic (exact) mass is 1370 g/mol. The number of carbonyl (C=O) groups excluding carboxylic acids is 4. The quantitative estimate of drug-likeness (QED) is 0.0222. The summed E-state index contributed by atoms with van der Waals surface area (Å²) in [6.45, 7) is 14.2. The fraction of sp³-hybridized carbons (Fsp3) is 0.946. The number of ether oxygens (including phenoxy) is 4. The van der Waals surface area contributed by atoms with Crippen LogP contribution >= 0.6 is 15.6 Å². The van der Waals surface area contributed by atoms with E-state index in [2.05, 4.69) is 55.4 Å². The van der Waals surface area contributed by atoms with Gasteiger partial charge >= 0.3 is 39.5 Å². The summed E-state index contributed by atoms with van der Waals surface area (Å²) in [6, 6.07) is 0. The molecular formula is C74H144O17P2. The molecule has 4 unspecified atom stereocenters. The zero-order chi connectivity index (χ0) is 68.9. The van der Waals surface area contributed by atoms with Gasteiger partial charge in [-0.15, -0.1) is 0 Å². The number of hydrogen-bond acceptors (Lipinski definition) is 15. The molecule has 0 saturated heterocycles. The molecule has 0 aliphatic carbocycles. The maximum absolute atomic E-state index is 13.1. The molecule has 0 saturated carbocycles. The van der Waals surface area contributed by atoms with Crippen LogP contribution in [-0.2, 0) is 65.4 Å². The zero-order valence-electron chi connectivity index (χ0n) is 60.9. The number of carbonyl (C=O) groups is 4. The first-order valence-corrected chi connectivity index (χ1v) is 41.2.